The van der Waals surface area contributed by atoms with E-state index in [1.54, 1.807) is 0 Å². The van der Waals surface area contributed by atoms with Gasteiger partial charge in [-0.05, 0) is 0 Å². The summed E-state index contributed by atoms with van der Waals surface area (Å²) in [6, 6.07) is 25.2. The summed E-state index contributed by atoms with van der Waals surface area (Å²) in [5, 5.41) is 0. The Morgan fingerprint density at radius 2 is 1.37 bits per heavy atom. The van der Waals surface area contributed by atoms with Crippen LogP contribution in [0.5, 0.6) is 0 Å². The molecule has 0 atom stereocenters. The van der Waals surface area contributed by atoms with E-state index in [0.29, 0.717) is 5.92 Å². The number of benzene rings is 3. The Hall–Kier alpha value is -1.74. The van der Waals surface area contributed by atoms with E-state index in [2.05, 4.69) is 26.0 Å². The number of hydrogen-bond donors (Lipinski definition) is 0. The first-order chi connectivity index (χ1) is 14.3. The number of hydrogen-bond acceptors (Lipinski definition) is 4. The fraction of sp³-hybridized carbons (Fsp3) is 0.250. The fourth-order valence-electron chi connectivity index (χ4n) is 2.86. The molecule has 0 N–H and O–H groups in total. The fourth-order valence-corrected chi connectivity index (χ4v) is 9.10. The minimum atomic E-state index is -4.14. The van der Waals surface area contributed by atoms with Gasteiger partial charge in [-0.15, -0.1) is 0 Å². The van der Waals surface area contributed by atoms with Crippen LogP contribution in [0.2, 0.25) is 0 Å². The predicted octanol–water partition coefficient (Wildman–Crippen LogP) is 6.13. The third kappa shape index (κ3) is 6.91. The third-order valence-corrected chi connectivity index (χ3v) is 11.1. The van der Waals surface area contributed by atoms with Crippen LogP contribution in [0.15, 0.2) is 78.9 Å². The van der Waals surface area contributed by atoms with Crippen LogP contribution in [0.25, 0.3) is 0 Å². The summed E-state index contributed by atoms with van der Waals surface area (Å²) >= 11 is -2.71. The van der Waals surface area contributed by atoms with Gasteiger partial charge in [0.15, 0.2) is 0 Å². The molecule has 0 heterocycles. The van der Waals surface area contributed by atoms with Crippen molar-refractivity contribution in [2.45, 2.75) is 33.8 Å². The van der Waals surface area contributed by atoms with Crippen LogP contribution in [0, 0.1) is 20.0 Å². The van der Waals surface area contributed by atoms with Crippen molar-refractivity contribution in [3.63, 3.8) is 0 Å². The van der Waals surface area contributed by atoms with Crippen LogP contribution in [0.4, 0.5) is 0 Å². The molecule has 4 nitrogen and oxygen atoms in total. The molecule has 160 valence electrons. The van der Waals surface area contributed by atoms with E-state index in [0.717, 1.165) is 24.7 Å². The molecule has 0 saturated heterocycles. The molecule has 0 aliphatic rings. The van der Waals surface area contributed by atoms with Gasteiger partial charge in [-0.3, -0.25) is 0 Å². The molecule has 0 unspecified atom stereocenters. The number of aryl methyl sites for hydroxylation is 1. The average Bonchev–Trinajstić information content (AvgIpc) is 2.72. The minimum absolute atomic E-state index is 0.0472. The van der Waals surface area contributed by atoms with Gasteiger partial charge < -0.3 is 0 Å². The summed E-state index contributed by atoms with van der Waals surface area (Å²) in [6.07, 6.45) is 0.984. The number of halogens is 1. The molecule has 3 aromatic rings. The van der Waals surface area contributed by atoms with Crippen molar-refractivity contribution in [3.8, 4) is 0 Å². The predicted molar refractivity (Wildman–Crippen MR) is 129 cm³/mol. The van der Waals surface area contributed by atoms with Crippen LogP contribution in [-0.2, 0) is 30.1 Å². The molecule has 0 radical (unpaired) electrons. The second-order valence-electron chi connectivity index (χ2n) is 7.49. The van der Waals surface area contributed by atoms with E-state index in [1.165, 1.54) is 5.56 Å². The first kappa shape index (κ1) is 22.9. The standard InChI is InChI=1S/C24H27IO4S/c1-19(2)17-21-11-15-24(16-12-21)25(23-13-9-20(3)10-14-23)29-30(26,27)28-18-22-7-5-4-6-8-22/h4-16,19H,17-18H2,1-3H3. The van der Waals surface area contributed by atoms with Crippen molar-refractivity contribution >= 4 is 30.6 Å². The van der Waals surface area contributed by atoms with Crippen molar-refractivity contribution < 1.29 is 15.1 Å². The van der Waals surface area contributed by atoms with Crippen LogP contribution in [-0.4, -0.2) is 8.42 Å². The molecule has 0 aliphatic carbocycles. The Morgan fingerprint density at radius 1 is 0.800 bits per heavy atom. The molecule has 0 amide bonds. The molecule has 0 saturated carbocycles. The third-order valence-electron chi connectivity index (χ3n) is 4.32. The topological polar surface area (TPSA) is 52.6 Å². The molecule has 30 heavy (non-hydrogen) atoms. The molecule has 0 fully saturated rings. The summed E-state index contributed by atoms with van der Waals surface area (Å²) in [5.41, 5.74) is 3.13. The molecule has 0 spiro atoms. The van der Waals surface area contributed by atoms with Crippen molar-refractivity contribution in [2.75, 3.05) is 0 Å². The van der Waals surface area contributed by atoms with Gasteiger partial charge in [-0.2, -0.15) is 0 Å². The zero-order chi connectivity index (χ0) is 21.6. The van der Waals surface area contributed by atoms with Crippen molar-refractivity contribution in [2.24, 2.45) is 5.92 Å². The molecule has 6 heteroatoms. The van der Waals surface area contributed by atoms with E-state index >= 15 is 0 Å². The summed E-state index contributed by atoms with van der Waals surface area (Å²) in [7, 11) is -4.14. The molecule has 0 bridgehead atoms. The zero-order valence-electron chi connectivity index (χ0n) is 17.4. The van der Waals surface area contributed by atoms with Crippen molar-refractivity contribution in [1.29, 1.82) is 0 Å². The van der Waals surface area contributed by atoms with E-state index < -0.39 is 30.6 Å². The van der Waals surface area contributed by atoms with Gasteiger partial charge in [0, 0.05) is 0 Å². The average molecular weight is 538 g/mol. The molecular weight excluding hydrogens is 511 g/mol. The van der Waals surface area contributed by atoms with Gasteiger partial charge in [0.1, 0.15) is 0 Å². The van der Waals surface area contributed by atoms with Gasteiger partial charge >= 0.3 is 188 Å². The SMILES string of the molecule is Cc1ccc(I(OS(=O)(=O)OCc2ccccc2)c2ccc(CC(C)C)cc2)cc1. The maximum atomic E-state index is 12.6. The van der Waals surface area contributed by atoms with Gasteiger partial charge in [0.25, 0.3) is 0 Å². The zero-order valence-corrected chi connectivity index (χ0v) is 20.4. The first-order valence-electron chi connectivity index (χ1n) is 9.81. The van der Waals surface area contributed by atoms with Gasteiger partial charge in [-0.25, -0.2) is 0 Å². The Bertz CT molecular complexity index is 1030. The van der Waals surface area contributed by atoms with E-state index in [9.17, 15) is 8.42 Å². The number of rotatable bonds is 9. The summed E-state index contributed by atoms with van der Waals surface area (Å²) in [6.45, 7) is 6.31. The quantitative estimate of drug-likeness (QED) is 0.308. The van der Waals surface area contributed by atoms with E-state index in [4.69, 9.17) is 6.70 Å². The van der Waals surface area contributed by atoms with Crippen LogP contribution in [0.1, 0.15) is 30.5 Å². The molecular formula is C24H27IO4S. The Labute approximate surface area is 187 Å². The van der Waals surface area contributed by atoms with Gasteiger partial charge in [-0.1, -0.05) is 0 Å². The van der Waals surface area contributed by atoms with E-state index in [1.807, 2.05) is 73.7 Å². The maximum absolute atomic E-state index is 12.6. The molecule has 3 aromatic carbocycles. The Balaban J connectivity index is 1.83. The normalized spacial score (nSPS) is 12.2. The summed E-state index contributed by atoms with van der Waals surface area (Å²) < 4.78 is 38.0. The van der Waals surface area contributed by atoms with Crippen LogP contribution < -0.4 is 0 Å². The second kappa shape index (κ2) is 10.5. The van der Waals surface area contributed by atoms with Gasteiger partial charge in [0.2, 0.25) is 0 Å². The summed E-state index contributed by atoms with van der Waals surface area (Å²) in [5.74, 6) is 0.561. The molecule has 0 aliphatic heterocycles. The van der Waals surface area contributed by atoms with Crippen molar-refractivity contribution in [3.05, 3.63) is 103 Å². The van der Waals surface area contributed by atoms with Crippen molar-refractivity contribution in [1.82, 2.24) is 0 Å². The first-order valence-corrected chi connectivity index (χ1v) is 14.2. The summed E-state index contributed by atoms with van der Waals surface area (Å²) in [4.78, 5) is 0. The Morgan fingerprint density at radius 3 is 1.93 bits per heavy atom. The monoisotopic (exact) mass is 538 g/mol. The van der Waals surface area contributed by atoms with Crippen LogP contribution in [0.3, 0.4) is 0 Å². The Kier molecular flexibility index (Phi) is 8.05. The molecule has 3 rings (SSSR count). The molecule has 0 aromatic heterocycles. The second-order valence-corrected chi connectivity index (χ2v) is 13.7. The van der Waals surface area contributed by atoms with Gasteiger partial charge in [0.05, 0.1) is 0 Å². The van der Waals surface area contributed by atoms with Crippen LogP contribution >= 0.6 is 20.2 Å². The van der Waals surface area contributed by atoms with E-state index in [-0.39, 0.29) is 6.61 Å².